The first-order valence-corrected chi connectivity index (χ1v) is 6.47. The Kier molecular flexibility index (Phi) is 2.87. The summed E-state index contributed by atoms with van der Waals surface area (Å²) in [6.45, 7) is 0. The highest BCUT2D eigenvalue weighted by Crippen LogP contribution is 2.30. The molecule has 0 saturated heterocycles. The fourth-order valence-corrected chi connectivity index (χ4v) is 2.46. The molecule has 0 radical (unpaired) electrons. The van der Waals surface area contributed by atoms with Crippen molar-refractivity contribution < 1.29 is 9.52 Å². The fourth-order valence-electron chi connectivity index (χ4n) is 1.93. The number of hydrogen-bond acceptors (Lipinski definition) is 3. The zero-order chi connectivity index (χ0) is 13.4. The minimum Gasteiger partial charge on any atom is -0.508 e. The Hall–Kier alpha value is -2.07. The van der Waals surface area contributed by atoms with Crippen LogP contribution < -0.4 is 5.43 Å². The molecular weight excluding hydrogens is 308 g/mol. The van der Waals surface area contributed by atoms with E-state index in [1.165, 1.54) is 12.1 Å². The van der Waals surface area contributed by atoms with Crippen molar-refractivity contribution in [1.29, 1.82) is 0 Å². The smallest absolute Gasteiger partial charge is 0.207 e. The predicted molar refractivity (Wildman–Crippen MR) is 77.3 cm³/mol. The summed E-state index contributed by atoms with van der Waals surface area (Å²) in [6, 6.07) is 13.8. The molecule has 0 spiro atoms. The highest BCUT2D eigenvalue weighted by atomic mass is 79.9. The number of phenolic OH excluding ortho intramolecular Hbond substituents is 1. The molecule has 1 heterocycles. The van der Waals surface area contributed by atoms with E-state index in [1.54, 1.807) is 6.07 Å². The SMILES string of the molecule is O=c1c(Br)c(-c2ccccc2)oc2cc(O)ccc12. The lowest BCUT2D eigenvalue weighted by Gasteiger charge is -2.06. The minimum absolute atomic E-state index is 0.0667. The van der Waals surface area contributed by atoms with E-state index in [0.717, 1.165) is 5.56 Å². The summed E-state index contributed by atoms with van der Waals surface area (Å²) < 4.78 is 6.12. The third kappa shape index (κ3) is 2.04. The van der Waals surface area contributed by atoms with Crippen molar-refractivity contribution in [2.45, 2.75) is 0 Å². The number of benzene rings is 2. The first kappa shape index (κ1) is 12.0. The lowest BCUT2D eigenvalue weighted by Crippen LogP contribution is -2.03. The van der Waals surface area contributed by atoms with Crippen molar-refractivity contribution >= 4 is 26.9 Å². The molecular formula is C15H9BrO3. The topological polar surface area (TPSA) is 50.4 Å². The van der Waals surface area contributed by atoms with Crippen LogP contribution in [0.15, 0.2) is 62.2 Å². The molecule has 0 aliphatic carbocycles. The molecule has 0 atom stereocenters. The first-order valence-electron chi connectivity index (χ1n) is 5.67. The molecule has 0 aliphatic heterocycles. The molecule has 0 amide bonds. The van der Waals surface area contributed by atoms with Crippen molar-refractivity contribution in [2.75, 3.05) is 0 Å². The average molecular weight is 317 g/mol. The van der Waals surface area contributed by atoms with E-state index < -0.39 is 0 Å². The van der Waals surface area contributed by atoms with Crippen molar-refractivity contribution in [3.05, 3.63) is 63.2 Å². The molecule has 19 heavy (non-hydrogen) atoms. The summed E-state index contributed by atoms with van der Waals surface area (Å²) in [4.78, 5) is 12.2. The number of phenols is 1. The van der Waals surface area contributed by atoms with Gasteiger partial charge in [0.15, 0.2) is 5.76 Å². The Labute approximate surface area is 117 Å². The van der Waals surface area contributed by atoms with Gasteiger partial charge >= 0.3 is 0 Å². The maximum Gasteiger partial charge on any atom is 0.207 e. The van der Waals surface area contributed by atoms with Crippen LogP contribution in [0.4, 0.5) is 0 Å². The van der Waals surface area contributed by atoms with Gasteiger partial charge in [0.25, 0.3) is 0 Å². The molecule has 0 bridgehead atoms. The third-order valence-corrected chi connectivity index (χ3v) is 3.58. The van der Waals surface area contributed by atoms with E-state index in [1.807, 2.05) is 30.3 Å². The molecule has 94 valence electrons. The van der Waals surface area contributed by atoms with Crippen LogP contribution in [0.2, 0.25) is 0 Å². The molecule has 0 aliphatic rings. The lowest BCUT2D eigenvalue weighted by atomic mass is 10.1. The number of hydrogen-bond donors (Lipinski definition) is 1. The highest BCUT2D eigenvalue weighted by molar-refractivity contribution is 9.10. The molecule has 0 saturated carbocycles. The normalized spacial score (nSPS) is 10.8. The molecule has 3 rings (SSSR count). The number of halogens is 1. The van der Waals surface area contributed by atoms with Gasteiger partial charge in [-0.25, -0.2) is 0 Å². The zero-order valence-corrected chi connectivity index (χ0v) is 11.3. The zero-order valence-electron chi connectivity index (χ0n) is 9.76. The van der Waals surface area contributed by atoms with Crippen molar-refractivity contribution in [3.8, 4) is 17.1 Å². The Bertz CT molecular complexity index is 807. The molecule has 0 fully saturated rings. The van der Waals surface area contributed by atoms with E-state index >= 15 is 0 Å². The van der Waals surface area contributed by atoms with Crippen LogP contribution in [-0.2, 0) is 0 Å². The molecule has 1 N–H and O–H groups in total. The van der Waals surface area contributed by atoms with Gasteiger partial charge in [-0.1, -0.05) is 30.3 Å². The molecule has 1 aromatic heterocycles. The van der Waals surface area contributed by atoms with Crippen LogP contribution in [0.3, 0.4) is 0 Å². The molecule has 2 aromatic carbocycles. The van der Waals surface area contributed by atoms with Gasteiger partial charge in [0, 0.05) is 11.6 Å². The summed E-state index contributed by atoms with van der Waals surface area (Å²) >= 11 is 3.29. The maximum atomic E-state index is 12.2. The van der Waals surface area contributed by atoms with Gasteiger partial charge in [-0.2, -0.15) is 0 Å². The third-order valence-electron chi connectivity index (χ3n) is 2.86. The summed E-state index contributed by atoms with van der Waals surface area (Å²) in [5.41, 5.74) is 1.02. The van der Waals surface area contributed by atoms with Crippen molar-refractivity contribution in [1.82, 2.24) is 0 Å². The summed E-state index contributed by atoms with van der Waals surface area (Å²) in [5.74, 6) is 0.528. The maximum absolute atomic E-state index is 12.2. The van der Waals surface area contributed by atoms with E-state index in [2.05, 4.69) is 15.9 Å². The Morgan fingerprint density at radius 1 is 1.05 bits per heavy atom. The Balaban J connectivity index is 2.38. The lowest BCUT2D eigenvalue weighted by molar-refractivity contribution is 0.474. The molecule has 0 unspecified atom stereocenters. The largest absolute Gasteiger partial charge is 0.508 e. The van der Waals surface area contributed by atoms with Crippen molar-refractivity contribution in [3.63, 3.8) is 0 Å². The van der Waals surface area contributed by atoms with Gasteiger partial charge in [0.1, 0.15) is 15.8 Å². The van der Waals surface area contributed by atoms with Crippen LogP contribution in [0.1, 0.15) is 0 Å². The van der Waals surface area contributed by atoms with Crippen LogP contribution in [0.25, 0.3) is 22.3 Å². The van der Waals surface area contributed by atoms with Gasteiger partial charge in [-0.3, -0.25) is 4.79 Å². The van der Waals surface area contributed by atoms with E-state index in [9.17, 15) is 9.90 Å². The highest BCUT2D eigenvalue weighted by Gasteiger charge is 2.13. The quantitative estimate of drug-likeness (QED) is 0.740. The number of rotatable bonds is 1. The number of aromatic hydroxyl groups is 1. The second-order valence-electron chi connectivity index (χ2n) is 4.12. The van der Waals surface area contributed by atoms with Crippen LogP contribution in [0.5, 0.6) is 5.75 Å². The fraction of sp³-hybridized carbons (Fsp3) is 0. The van der Waals surface area contributed by atoms with E-state index in [4.69, 9.17) is 4.42 Å². The molecule has 3 aromatic rings. The summed E-state index contributed by atoms with van der Waals surface area (Å²) in [6.07, 6.45) is 0. The van der Waals surface area contributed by atoms with Gasteiger partial charge in [0.2, 0.25) is 5.43 Å². The van der Waals surface area contributed by atoms with E-state index in [-0.39, 0.29) is 11.2 Å². The van der Waals surface area contributed by atoms with Gasteiger partial charge in [-0.15, -0.1) is 0 Å². The predicted octanol–water partition coefficient (Wildman–Crippen LogP) is 3.93. The number of fused-ring (bicyclic) bond motifs is 1. The van der Waals surface area contributed by atoms with Gasteiger partial charge < -0.3 is 9.52 Å². The summed E-state index contributed by atoms with van der Waals surface area (Å²) in [5, 5.41) is 9.91. The molecule has 4 heteroatoms. The van der Waals surface area contributed by atoms with E-state index in [0.29, 0.717) is 21.2 Å². The second kappa shape index (κ2) is 4.55. The van der Waals surface area contributed by atoms with Crippen LogP contribution >= 0.6 is 15.9 Å². The average Bonchev–Trinajstić information content (AvgIpc) is 2.43. The van der Waals surface area contributed by atoms with Crippen LogP contribution in [0, 0.1) is 0 Å². The van der Waals surface area contributed by atoms with Gasteiger partial charge in [0.05, 0.1) is 5.39 Å². The van der Waals surface area contributed by atoms with Crippen molar-refractivity contribution in [2.24, 2.45) is 0 Å². The van der Waals surface area contributed by atoms with Crippen LogP contribution in [-0.4, -0.2) is 5.11 Å². The van der Waals surface area contributed by atoms with Gasteiger partial charge in [-0.05, 0) is 28.1 Å². The Morgan fingerprint density at radius 3 is 2.53 bits per heavy atom. The monoisotopic (exact) mass is 316 g/mol. The second-order valence-corrected chi connectivity index (χ2v) is 4.91. The summed E-state index contributed by atoms with van der Waals surface area (Å²) in [7, 11) is 0. The standard InChI is InChI=1S/C15H9BrO3/c16-13-14(18)11-7-6-10(17)8-12(11)19-15(13)9-4-2-1-3-5-9/h1-8,17H. The molecule has 3 nitrogen and oxygen atoms in total. The first-order chi connectivity index (χ1) is 9.16. The minimum atomic E-state index is -0.153. The Morgan fingerprint density at radius 2 is 1.79 bits per heavy atom.